The number of rotatable bonds is 3. The Bertz CT molecular complexity index is 1240. The van der Waals surface area contributed by atoms with Gasteiger partial charge in [0.25, 0.3) is 10.0 Å². The van der Waals surface area contributed by atoms with Crippen LogP contribution in [0.1, 0.15) is 38.5 Å². The Morgan fingerprint density at radius 1 is 1.03 bits per heavy atom. The molecule has 1 N–H and O–H groups in total. The van der Waals surface area contributed by atoms with Crippen molar-refractivity contribution in [1.29, 1.82) is 0 Å². The predicted molar refractivity (Wildman–Crippen MR) is 123 cm³/mol. The number of hydrogen-bond donors (Lipinski definition) is 1. The van der Waals surface area contributed by atoms with Crippen LogP contribution in [0.25, 0.3) is 11.0 Å². The second-order valence-corrected chi connectivity index (χ2v) is 11.7. The van der Waals surface area contributed by atoms with Crippen molar-refractivity contribution in [3.8, 4) is 0 Å². The van der Waals surface area contributed by atoms with Crippen molar-refractivity contribution in [2.75, 3.05) is 4.72 Å². The Morgan fingerprint density at radius 3 is 2.43 bits per heavy atom. The molecule has 2 aromatic carbocycles. The molecule has 0 aliphatic heterocycles. The monoisotopic (exact) mass is 485 g/mol. The van der Waals surface area contributed by atoms with E-state index in [-0.39, 0.29) is 25.4 Å². The molecule has 0 saturated heterocycles. The third kappa shape index (κ3) is 4.05. The number of fused-ring (bicyclic) bond motifs is 3. The molecular weight excluding hydrogens is 465 g/mol. The van der Waals surface area contributed by atoms with Crippen molar-refractivity contribution in [1.82, 2.24) is 0 Å². The Kier molecular flexibility index (Phi) is 5.55. The zero-order valence-corrected chi connectivity index (χ0v) is 19.9. The van der Waals surface area contributed by atoms with Gasteiger partial charge in [0.1, 0.15) is 16.2 Å². The Morgan fingerprint density at radius 2 is 1.73 bits per heavy atom. The predicted octanol–water partition coefficient (Wildman–Crippen LogP) is 7.34. The Hall–Kier alpha value is -1.40. The van der Waals surface area contributed by atoms with Crippen molar-refractivity contribution < 1.29 is 12.8 Å². The van der Waals surface area contributed by atoms with Crippen molar-refractivity contribution in [3.05, 3.63) is 56.7 Å². The van der Waals surface area contributed by atoms with Gasteiger partial charge in [-0.25, -0.2) is 8.42 Å². The highest BCUT2D eigenvalue weighted by Crippen LogP contribution is 2.42. The van der Waals surface area contributed by atoms with E-state index in [1.165, 1.54) is 17.7 Å². The maximum absolute atomic E-state index is 12.9. The lowest BCUT2D eigenvalue weighted by Crippen LogP contribution is -2.26. The minimum Gasteiger partial charge on any atom is -0.461 e. The average Bonchev–Trinajstić information content (AvgIpc) is 3.01. The molecule has 1 atom stereocenters. The van der Waals surface area contributed by atoms with Crippen LogP contribution in [-0.2, 0) is 22.9 Å². The zero-order chi connectivity index (χ0) is 21.8. The highest BCUT2D eigenvalue weighted by Gasteiger charge is 2.32. The fraction of sp³-hybridized carbons (Fsp3) is 0.364. The summed E-state index contributed by atoms with van der Waals surface area (Å²) in [6.07, 6.45) is 2.90. The summed E-state index contributed by atoms with van der Waals surface area (Å²) in [6.45, 7) is 6.77. The molecule has 160 valence electrons. The summed E-state index contributed by atoms with van der Waals surface area (Å²) in [5.41, 5.74) is 2.58. The van der Waals surface area contributed by atoms with E-state index in [9.17, 15) is 8.42 Å². The van der Waals surface area contributed by atoms with Gasteiger partial charge >= 0.3 is 0 Å². The zero-order valence-electron chi connectivity index (χ0n) is 16.9. The summed E-state index contributed by atoms with van der Waals surface area (Å²) in [6, 6.07) is 7.88. The molecule has 0 saturated carbocycles. The summed E-state index contributed by atoms with van der Waals surface area (Å²) in [7, 11) is -3.95. The first kappa shape index (κ1) is 21.8. The number of sulfonamides is 1. The third-order valence-electron chi connectivity index (χ3n) is 5.79. The van der Waals surface area contributed by atoms with Gasteiger partial charge in [-0.2, -0.15) is 0 Å². The molecule has 1 heterocycles. The minimum atomic E-state index is -3.95. The van der Waals surface area contributed by atoms with Gasteiger partial charge in [-0.3, -0.25) is 4.72 Å². The standard InChI is InChI=1S/C22H22Cl3NO3S/c1-22(2,3)12-4-6-19-14(8-12)15-9-13(5-7-20(15)29-19)26-30(27,28)21-11-17(24)16(23)10-18(21)25/h5,7,9-12,26H,4,6,8H2,1-3H3. The van der Waals surface area contributed by atoms with E-state index in [1.807, 2.05) is 6.07 Å². The second kappa shape index (κ2) is 7.63. The number of hydrogen-bond acceptors (Lipinski definition) is 3. The summed E-state index contributed by atoms with van der Waals surface area (Å²) >= 11 is 18.0. The van der Waals surface area contributed by atoms with Crippen LogP contribution in [0, 0.1) is 11.3 Å². The number of aryl methyl sites for hydroxylation is 1. The maximum atomic E-state index is 12.9. The fourth-order valence-electron chi connectivity index (χ4n) is 4.00. The van der Waals surface area contributed by atoms with Gasteiger partial charge < -0.3 is 4.42 Å². The largest absolute Gasteiger partial charge is 0.461 e. The summed E-state index contributed by atoms with van der Waals surface area (Å²) in [4.78, 5) is -0.124. The molecule has 3 aromatic rings. The van der Waals surface area contributed by atoms with Crippen LogP contribution in [0.4, 0.5) is 5.69 Å². The summed E-state index contributed by atoms with van der Waals surface area (Å²) in [5.74, 6) is 1.54. The number of benzene rings is 2. The van der Waals surface area contributed by atoms with Gasteiger partial charge in [0.2, 0.25) is 0 Å². The van der Waals surface area contributed by atoms with Crippen molar-refractivity contribution in [3.63, 3.8) is 0 Å². The van der Waals surface area contributed by atoms with Crippen molar-refractivity contribution >= 4 is 61.5 Å². The molecule has 30 heavy (non-hydrogen) atoms. The van der Waals surface area contributed by atoms with Gasteiger partial charge in [0.15, 0.2) is 0 Å². The molecule has 8 heteroatoms. The number of halogens is 3. The van der Waals surface area contributed by atoms with Crippen LogP contribution in [-0.4, -0.2) is 8.42 Å². The SMILES string of the molecule is CC(C)(C)C1CCc2oc3ccc(NS(=O)(=O)c4cc(Cl)c(Cl)cc4Cl)cc3c2C1. The number of nitrogens with one attached hydrogen (secondary N) is 1. The molecule has 0 radical (unpaired) electrons. The maximum Gasteiger partial charge on any atom is 0.263 e. The molecule has 4 nitrogen and oxygen atoms in total. The van der Waals surface area contributed by atoms with Gasteiger partial charge in [-0.1, -0.05) is 55.6 Å². The van der Waals surface area contributed by atoms with E-state index in [1.54, 1.807) is 12.1 Å². The summed E-state index contributed by atoms with van der Waals surface area (Å²) < 4.78 is 34.5. The van der Waals surface area contributed by atoms with E-state index in [0.29, 0.717) is 11.6 Å². The lowest BCUT2D eigenvalue weighted by atomic mass is 9.71. The van der Waals surface area contributed by atoms with Crippen molar-refractivity contribution in [2.24, 2.45) is 11.3 Å². The number of anilines is 1. The third-order valence-corrected chi connectivity index (χ3v) is 8.35. The van der Waals surface area contributed by atoms with Crippen LogP contribution in [0.15, 0.2) is 39.6 Å². The number of furan rings is 1. The van der Waals surface area contributed by atoms with E-state index in [2.05, 4.69) is 25.5 Å². The quantitative estimate of drug-likeness (QED) is 0.394. The van der Waals surface area contributed by atoms with Crippen LogP contribution in [0.5, 0.6) is 0 Å². The molecule has 4 rings (SSSR count). The highest BCUT2D eigenvalue weighted by molar-refractivity contribution is 7.92. The molecule has 0 spiro atoms. The minimum absolute atomic E-state index is 0.00619. The first-order valence-corrected chi connectivity index (χ1v) is 12.3. The van der Waals surface area contributed by atoms with E-state index >= 15 is 0 Å². The van der Waals surface area contributed by atoms with E-state index in [4.69, 9.17) is 39.2 Å². The Balaban J connectivity index is 1.70. The van der Waals surface area contributed by atoms with Gasteiger partial charge in [-0.05, 0) is 54.5 Å². The molecule has 1 aromatic heterocycles. The fourth-order valence-corrected chi connectivity index (χ4v) is 6.05. The summed E-state index contributed by atoms with van der Waals surface area (Å²) in [5, 5.41) is 1.26. The smallest absolute Gasteiger partial charge is 0.263 e. The van der Waals surface area contributed by atoms with Crippen LogP contribution < -0.4 is 4.72 Å². The van der Waals surface area contributed by atoms with Crippen LogP contribution in [0.3, 0.4) is 0 Å². The van der Waals surface area contributed by atoms with Crippen LogP contribution >= 0.6 is 34.8 Å². The topological polar surface area (TPSA) is 59.3 Å². The highest BCUT2D eigenvalue weighted by atomic mass is 35.5. The first-order valence-electron chi connectivity index (χ1n) is 9.67. The first-order chi connectivity index (χ1) is 14.0. The van der Waals surface area contributed by atoms with Gasteiger partial charge in [-0.15, -0.1) is 0 Å². The van der Waals surface area contributed by atoms with Gasteiger partial charge in [0.05, 0.1) is 15.1 Å². The molecule has 0 bridgehead atoms. The molecule has 0 fully saturated rings. The van der Waals surface area contributed by atoms with Crippen molar-refractivity contribution in [2.45, 2.75) is 44.9 Å². The average molecular weight is 487 g/mol. The molecule has 1 aliphatic carbocycles. The van der Waals surface area contributed by atoms with E-state index < -0.39 is 10.0 Å². The van der Waals surface area contributed by atoms with E-state index in [0.717, 1.165) is 36.0 Å². The normalized spacial score (nSPS) is 17.2. The lowest BCUT2D eigenvalue weighted by molar-refractivity contribution is 0.210. The second-order valence-electron chi connectivity index (χ2n) is 8.82. The molecule has 1 aliphatic rings. The molecular formula is C22H22Cl3NO3S. The Labute approximate surface area is 191 Å². The molecule has 0 amide bonds. The molecule has 1 unspecified atom stereocenters. The van der Waals surface area contributed by atoms with Gasteiger partial charge in [0, 0.05) is 23.1 Å². The lowest BCUT2D eigenvalue weighted by Gasteiger charge is -2.33. The van der Waals surface area contributed by atoms with Crippen LogP contribution in [0.2, 0.25) is 15.1 Å².